The van der Waals surface area contributed by atoms with Crippen LogP contribution < -0.4 is 10.6 Å². The van der Waals surface area contributed by atoms with Gasteiger partial charge in [0, 0.05) is 13.1 Å². The normalized spacial score (nSPS) is 12.8. The Kier molecular flexibility index (Phi) is 2.63. The Hall–Kier alpha value is -2.50. The third-order valence-corrected chi connectivity index (χ3v) is 4.44. The smallest absolute Gasteiger partial charge is 0.131 e. The lowest BCUT2D eigenvalue weighted by molar-refractivity contribution is 0.891. The maximum atomic E-state index is 9.23. The summed E-state index contributed by atoms with van der Waals surface area (Å²) in [5.41, 5.74) is 9.09. The summed E-state index contributed by atoms with van der Waals surface area (Å²) in [5, 5.41) is 19.0. The minimum atomic E-state index is 0.306. The molecule has 0 unspecified atom stereocenters. The van der Waals surface area contributed by atoms with Gasteiger partial charge in [-0.2, -0.15) is 10.5 Å². The molecule has 2 heterocycles. The molecule has 3 rings (SSSR count). The van der Waals surface area contributed by atoms with Gasteiger partial charge < -0.3 is 10.6 Å². The molecule has 1 aliphatic heterocycles. The lowest BCUT2D eigenvalue weighted by atomic mass is 10.1. The highest BCUT2D eigenvalue weighted by atomic mass is 32.1. The maximum Gasteiger partial charge on any atom is 0.131 e. The van der Waals surface area contributed by atoms with Crippen molar-refractivity contribution in [2.45, 2.75) is 13.1 Å². The molecule has 0 saturated heterocycles. The van der Waals surface area contributed by atoms with Crippen LogP contribution in [0.15, 0.2) is 24.3 Å². The summed E-state index contributed by atoms with van der Waals surface area (Å²) in [6, 6.07) is 12.4. The van der Waals surface area contributed by atoms with E-state index in [1.54, 1.807) is 0 Å². The lowest BCUT2D eigenvalue weighted by Crippen LogP contribution is -2.14. The van der Waals surface area contributed by atoms with E-state index in [2.05, 4.69) is 29.2 Å². The fourth-order valence-electron chi connectivity index (χ4n) is 2.32. The number of nitrogen functional groups attached to an aromatic ring is 1. The number of benzene rings is 1. The predicted octanol–water partition coefficient (Wildman–Crippen LogP) is 2.59. The van der Waals surface area contributed by atoms with Crippen molar-refractivity contribution < 1.29 is 0 Å². The van der Waals surface area contributed by atoms with Gasteiger partial charge in [0.2, 0.25) is 0 Å². The van der Waals surface area contributed by atoms with Crippen molar-refractivity contribution in [2.24, 2.45) is 0 Å². The molecule has 0 fully saturated rings. The second-order valence-corrected chi connectivity index (χ2v) is 5.37. The molecule has 0 bridgehead atoms. The summed E-state index contributed by atoms with van der Waals surface area (Å²) in [7, 11) is 0. The zero-order chi connectivity index (χ0) is 13.4. The van der Waals surface area contributed by atoms with Crippen LogP contribution in [0.5, 0.6) is 0 Å². The molecule has 1 aromatic heterocycles. The van der Waals surface area contributed by atoms with Crippen molar-refractivity contribution in [3.63, 3.8) is 0 Å². The summed E-state index contributed by atoms with van der Waals surface area (Å²) in [5.74, 6) is 0. The van der Waals surface area contributed by atoms with Crippen molar-refractivity contribution in [3.8, 4) is 12.1 Å². The molecule has 1 aromatic carbocycles. The first-order valence-corrected chi connectivity index (χ1v) is 6.60. The monoisotopic (exact) mass is 266 g/mol. The highest BCUT2D eigenvalue weighted by Gasteiger charge is 2.25. The van der Waals surface area contributed by atoms with Crippen LogP contribution >= 0.6 is 11.3 Å². The number of nitrogens with zero attached hydrogens (tertiary/aromatic N) is 3. The number of nitrogens with two attached hydrogens (primary N) is 1. The van der Waals surface area contributed by atoms with Crippen LogP contribution in [0.4, 0.5) is 10.7 Å². The average molecular weight is 266 g/mol. The van der Waals surface area contributed by atoms with Gasteiger partial charge in [-0.3, -0.25) is 0 Å². The van der Waals surface area contributed by atoms with Gasteiger partial charge in [-0.25, -0.2) is 0 Å². The van der Waals surface area contributed by atoms with E-state index in [0.717, 1.165) is 18.1 Å². The van der Waals surface area contributed by atoms with E-state index in [4.69, 9.17) is 11.0 Å². The molecule has 19 heavy (non-hydrogen) atoms. The molecule has 4 nitrogen and oxygen atoms in total. The Bertz CT molecular complexity index is 708. The molecule has 5 heteroatoms. The Morgan fingerprint density at radius 3 is 2.26 bits per heavy atom. The quantitative estimate of drug-likeness (QED) is 0.860. The molecular formula is C14H10N4S. The maximum absolute atomic E-state index is 9.23. The molecule has 0 aliphatic carbocycles. The topological polar surface area (TPSA) is 76.8 Å². The predicted molar refractivity (Wildman–Crippen MR) is 74.5 cm³/mol. The van der Waals surface area contributed by atoms with Gasteiger partial charge >= 0.3 is 0 Å². The summed E-state index contributed by atoms with van der Waals surface area (Å²) in [6.07, 6.45) is 0. The zero-order valence-electron chi connectivity index (χ0n) is 10.1. The lowest BCUT2D eigenvalue weighted by Gasteiger charge is -2.15. The number of hydrogen-bond donors (Lipinski definition) is 1. The minimum Gasteiger partial charge on any atom is -0.396 e. The summed E-state index contributed by atoms with van der Waals surface area (Å²) in [4.78, 5) is 2.52. The summed E-state index contributed by atoms with van der Waals surface area (Å²) in [6.45, 7) is 1.52. The standard InChI is InChI=1S/C14H10N4S/c15-5-11-13(17)12(6-16)19-14(11)18-7-9-3-1-2-4-10(9)8-18/h1-4H,7-8,17H2. The van der Waals surface area contributed by atoms with Gasteiger partial charge in [-0.1, -0.05) is 24.3 Å². The van der Waals surface area contributed by atoms with Gasteiger partial charge in [0.25, 0.3) is 0 Å². The van der Waals surface area contributed by atoms with Gasteiger partial charge in [-0.15, -0.1) is 11.3 Å². The highest BCUT2D eigenvalue weighted by Crippen LogP contribution is 2.40. The minimum absolute atomic E-state index is 0.306. The molecule has 0 amide bonds. The molecule has 2 aromatic rings. The highest BCUT2D eigenvalue weighted by molar-refractivity contribution is 7.17. The molecule has 1 aliphatic rings. The SMILES string of the molecule is N#Cc1sc(N2Cc3ccccc3C2)c(C#N)c1N. The number of hydrogen-bond acceptors (Lipinski definition) is 5. The fourth-order valence-corrected chi connectivity index (χ4v) is 3.29. The van der Waals surface area contributed by atoms with Crippen molar-refractivity contribution in [3.05, 3.63) is 45.8 Å². The van der Waals surface area contributed by atoms with Crippen molar-refractivity contribution in [2.75, 3.05) is 10.6 Å². The third-order valence-electron chi connectivity index (χ3n) is 3.27. The second-order valence-electron chi connectivity index (χ2n) is 4.37. The molecule has 0 spiro atoms. The van der Waals surface area contributed by atoms with E-state index in [-0.39, 0.29) is 0 Å². The van der Waals surface area contributed by atoms with Gasteiger partial charge in [0.05, 0.1) is 5.69 Å². The van der Waals surface area contributed by atoms with Gasteiger partial charge in [-0.05, 0) is 11.1 Å². The first-order chi connectivity index (χ1) is 9.24. The number of anilines is 2. The Morgan fingerprint density at radius 2 is 1.74 bits per heavy atom. The van der Waals surface area contributed by atoms with E-state index in [1.165, 1.54) is 22.5 Å². The number of thiophene rings is 1. The number of fused-ring (bicyclic) bond motifs is 1. The van der Waals surface area contributed by atoms with Crippen molar-refractivity contribution in [1.82, 2.24) is 0 Å². The first-order valence-electron chi connectivity index (χ1n) is 5.78. The molecule has 0 atom stereocenters. The number of rotatable bonds is 1. The van der Waals surface area contributed by atoms with E-state index in [1.807, 2.05) is 12.1 Å². The first kappa shape index (κ1) is 11.6. The molecule has 2 N–H and O–H groups in total. The summed E-state index contributed by atoms with van der Waals surface area (Å²) < 4.78 is 0. The summed E-state index contributed by atoms with van der Waals surface area (Å²) >= 11 is 1.30. The van der Waals surface area contributed by atoms with E-state index < -0.39 is 0 Å². The third kappa shape index (κ3) is 1.72. The average Bonchev–Trinajstić information content (AvgIpc) is 2.98. The second kappa shape index (κ2) is 4.31. The van der Waals surface area contributed by atoms with Crippen LogP contribution in [0.3, 0.4) is 0 Å². The Balaban J connectivity index is 2.03. The van der Waals surface area contributed by atoms with Crippen LogP contribution in [0.25, 0.3) is 0 Å². The van der Waals surface area contributed by atoms with Crippen LogP contribution in [-0.4, -0.2) is 0 Å². The van der Waals surface area contributed by atoms with Crippen LogP contribution in [0.1, 0.15) is 21.6 Å². The van der Waals surface area contributed by atoms with E-state index in [0.29, 0.717) is 16.1 Å². The van der Waals surface area contributed by atoms with Crippen LogP contribution in [0, 0.1) is 22.7 Å². The fraction of sp³-hybridized carbons (Fsp3) is 0.143. The Morgan fingerprint density at radius 1 is 1.11 bits per heavy atom. The van der Waals surface area contributed by atoms with Crippen LogP contribution in [-0.2, 0) is 13.1 Å². The van der Waals surface area contributed by atoms with E-state index in [9.17, 15) is 5.26 Å². The Labute approximate surface area is 114 Å². The van der Waals surface area contributed by atoms with Gasteiger partial charge in [0.1, 0.15) is 27.6 Å². The largest absolute Gasteiger partial charge is 0.396 e. The molecule has 0 radical (unpaired) electrons. The molecule has 92 valence electrons. The van der Waals surface area contributed by atoms with Crippen molar-refractivity contribution in [1.29, 1.82) is 10.5 Å². The molecular weight excluding hydrogens is 256 g/mol. The van der Waals surface area contributed by atoms with Crippen LogP contribution in [0.2, 0.25) is 0 Å². The van der Waals surface area contributed by atoms with E-state index >= 15 is 0 Å². The molecule has 0 saturated carbocycles. The zero-order valence-corrected chi connectivity index (χ0v) is 10.9. The number of nitriles is 2. The van der Waals surface area contributed by atoms with Gasteiger partial charge in [0.15, 0.2) is 0 Å². The van der Waals surface area contributed by atoms with Crippen molar-refractivity contribution >= 4 is 22.0 Å².